The first-order chi connectivity index (χ1) is 13.1. The van der Waals surface area contributed by atoms with Crippen LogP contribution >= 0.6 is 23.4 Å². The molecule has 0 bridgehead atoms. The molecule has 7 heteroatoms. The third-order valence-electron chi connectivity index (χ3n) is 5.03. The maximum absolute atomic E-state index is 11.7. The highest BCUT2D eigenvalue weighted by Gasteiger charge is 2.53. The minimum Gasteiger partial charge on any atom is -0.497 e. The first-order valence-corrected chi connectivity index (χ1v) is 10.2. The van der Waals surface area contributed by atoms with Gasteiger partial charge in [-0.2, -0.15) is 0 Å². The Kier molecular flexibility index (Phi) is 4.97. The Morgan fingerprint density at radius 2 is 1.93 bits per heavy atom. The lowest BCUT2D eigenvalue weighted by Gasteiger charge is -2.24. The number of methoxy groups -OCH3 is 2. The summed E-state index contributed by atoms with van der Waals surface area (Å²) in [5.74, 6) is 2.51. The van der Waals surface area contributed by atoms with Gasteiger partial charge in [-0.25, -0.2) is 9.48 Å². The van der Waals surface area contributed by atoms with Crippen LogP contribution in [-0.2, 0) is 5.72 Å². The number of halogens is 1. The second-order valence-corrected chi connectivity index (χ2v) is 8.08. The maximum Gasteiger partial charge on any atom is 0.316 e. The largest absolute Gasteiger partial charge is 0.497 e. The summed E-state index contributed by atoms with van der Waals surface area (Å²) >= 11 is 7.81. The predicted octanol–water partition coefficient (Wildman–Crippen LogP) is 3.53. The van der Waals surface area contributed by atoms with Gasteiger partial charge in [-0.15, -0.1) is 0 Å². The van der Waals surface area contributed by atoms with E-state index in [4.69, 9.17) is 21.1 Å². The molecule has 0 aromatic heterocycles. The second-order valence-electron chi connectivity index (χ2n) is 6.58. The molecule has 0 amide bonds. The third-order valence-corrected chi connectivity index (χ3v) is 6.47. The standard InChI is InChI=1S/C20H22ClN2O3S/c1-25-16-8-9-18(26-2)17(12-16)22-13-20(24,14-4-6-15(21)7-5-14)23-10-3-11-27-19(22)23/h4-9,12,24H,3,10-11,13H2,1-2H3/q+1. The molecule has 0 saturated heterocycles. The van der Waals surface area contributed by atoms with E-state index in [1.807, 2.05) is 42.5 Å². The Balaban J connectivity index is 1.82. The Labute approximate surface area is 168 Å². The Hall–Kier alpha value is -1.89. The van der Waals surface area contributed by atoms with Crippen molar-refractivity contribution in [3.63, 3.8) is 0 Å². The molecular formula is C20H22ClN2O3S+. The molecule has 142 valence electrons. The summed E-state index contributed by atoms with van der Waals surface area (Å²) in [7, 11) is 3.30. The van der Waals surface area contributed by atoms with Crippen molar-refractivity contribution in [2.24, 2.45) is 0 Å². The van der Waals surface area contributed by atoms with Gasteiger partial charge in [0.15, 0.2) is 18.0 Å². The maximum atomic E-state index is 11.7. The van der Waals surface area contributed by atoms with Gasteiger partial charge >= 0.3 is 5.17 Å². The molecule has 0 saturated carbocycles. The summed E-state index contributed by atoms with van der Waals surface area (Å²) in [6.45, 7) is 1.20. The lowest BCUT2D eigenvalue weighted by atomic mass is 10.0. The number of nitrogens with zero attached hydrogens (tertiary/aromatic N) is 2. The molecule has 4 rings (SSSR count). The average Bonchev–Trinajstić information content (AvgIpc) is 3.02. The molecule has 1 N–H and O–H groups in total. The van der Waals surface area contributed by atoms with Gasteiger partial charge in [-0.1, -0.05) is 23.7 Å². The fourth-order valence-electron chi connectivity index (χ4n) is 3.66. The van der Waals surface area contributed by atoms with Crippen LogP contribution in [0.25, 0.3) is 0 Å². The number of β-amino-alcohol motifs (C(OH)–C–C–N with tert-alkyl or cyclic N) is 1. The van der Waals surface area contributed by atoms with Crippen molar-refractivity contribution in [3.8, 4) is 11.5 Å². The molecule has 5 nitrogen and oxygen atoms in total. The van der Waals surface area contributed by atoms with Gasteiger partial charge < -0.3 is 14.6 Å². The summed E-state index contributed by atoms with van der Waals surface area (Å²) in [4.78, 5) is 2.12. The van der Waals surface area contributed by atoms with Crippen molar-refractivity contribution in [2.75, 3.05) is 38.0 Å². The number of aliphatic hydroxyl groups is 1. The van der Waals surface area contributed by atoms with Crippen molar-refractivity contribution in [1.29, 1.82) is 0 Å². The number of amidine groups is 1. The average molecular weight is 406 g/mol. The van der Waals surface area contributed by atoms with Crippen molar-refractivity contribution in [1.82, 2.24) is 0 Å². The molecule has 1 atom stereocenters. The zero-order valence-corrected chi connectivity index (χ0v) is 16.9. The van der Waals surface area contributed by atoms with E-state index < -0.39 is 5.72 Å². The zero-order valence-electron chi connectivity index (χ0n) is 15.3. The first kappa shape index (κ1) is 18.5. The molecule has 1 unspecified atom stereocenters. The molecule has 2 aliphatic rings. The van der Waals surface area contributed by atoms with Crippen LogP contribution in [0.5, 0.6) is 11.5 Å². The summed E-state index contributed by atoms with van der Waals surface area (Å²) in [6.07, 6.45) is 1.02. The monoisotopic (exact) mass is 405 g/mol. The lowest BCUT2D eigenvalue weighted by Crippen LogP contribution is -2.41. The van der Waals surface area contributed by atoms with Crippen LogP contribution in [-0.4, -0.2) is 47.9 Å². The molecule has 2 heterocycles. The number of hydrogen-bond acceptors (Lipinski definition) is 5. The highest BCUT2D eigenvalue weighted by molar-refractivity contribution is 8.13. The van der Waals surface area contributed by atoms with Crippen LogP contribution in [0.3, 0.4) is 0 Å². The quantitative estimate of drug-likeness (QED) is 0.788. The van der Waals surface area contributed by atoms with Crippen LogP contribution in [0, 0.1) is 0 Å². The van der Waals surface area contributed by atoms with E-state index in [-0.39, 0.29) is 0 Å². The van der Waals surface area contributed by atoms with Gasteiger partial charge in [0.25, 0.3) is 5.72 Å². The topological polar surface area (TPSA) is 44.9 Å². The number of anilines is 1. The number of ether oxygens (including phenoxy) is 2. The van der Waals surface area contributed by atoms with Crippen molar-refractivity contribution in [2.45, 2.75) is 12.1 Å². The summed E-state index contributed by atoms with van der Waals surface area (Å²) in [5, 5.41) is 13.4. The van der Waals surface area contributed by atoms with Gasteiger partial charge in [0.1, 0.15) is 5.75 Å². The van der Waals surface area contributed by atoms with E-state index in [0.29, 0.717) is 11.6 Å². The first-order valence-electron chi connectivity index (χ1n) is 8.82. The fourth-order valence-corrected chi connectivity index (χ4v) is 4.96. The van der Waals surface area contributed by atoms with E-state index >= 15 is 0 Å². The van der Waals surface area contributed by atoms with Gasteiger partial charge in [-0.3, -0.25) is 0 Å². The van der Waals surface area contributed by atoms with E-state index in [1.165, 1.54) is 0 Å². The van der Waals surface area contributed by atoms with Crippen molar-refractivity contribution >= 4 is 34.2 Å². The highest BCUT2D eigenvalue weighted by Crippen LogP contribution is 2.42. The van der Waals surface area contributed by atoms with Crippen molar-refractivity contribution in [3.05, 3.63) is 53.1 Å². The van der Waals surface area contributed by atoms with E-state index in [9.17, 15) is 5.11 Å². The molecule has 2 aliphatic heterocycles. The number of thioether (sulfide) groups is 1. The molecule has 2 aromatic rings. The summed E-state index contributed by atoms with van der Waals surface area (Å²) in [6, 6.07) is 13.1. The highest BCUT2D eigenvalue weighted by atomic mass is 35.5. The van der Waals surface area contributed by atoms with Crippen LogP contribution in [0.1, 0.15) is 12.0 Å². The molecular weight excluding hydrogens is 384 g/mol. The number of hydrogen-bond donors (Lipinski definition) is 1. The molecule has 0 radical (unpaired) electrons. The predicted molar refractivity (Wildman–Crippen MR) is 109 cm³/mol. The molecule has 2 aromatic carbocycles. The third kappa shape index (κ3) is 3.16. The second kappa shape index (κ2) is 7.26. The summed E-state index contributed by atoms with van der Waals surface area (Å²) in [5.41, 5.74) is 0.592. The number of rotatable bonds is 4. The molecule has 0 fully saturated rings. The Morgan fingerprint density at radius 1 is 1.15 bits per heavy atom. The van der Waals surface area contributed by atoms with Gasteiger partial charge in [-0.05, 0) is 42.4 Å². The normalized spacial score (nSPS) is 22.0. The van der Waals surface area contributed by atoms with Crippen molar-refractivity contribution < 1.29 is 19.2 Å². The van der Waals surface area contributed by atoms with Crippen LogP contribution in [0.15, 0.2) is 42.5 Å². The summed E-state index contributed by atoms with van der Waals surface area (Å²) < 4.78 is 13.1. The van der Waals surface area contributed by atoms with Gasteiger partial charge in [0, 0.05) is 22.4 Å². The fraction of sp³-hybridized carbons (Fsp3) is 0.350. The SMILES string of the molecule is COc1ccc(OC)c(N2CC(O)(c3ccc(Cl)cc3)[N+]3=C2SCCC3)c1. The Bertz CT molecular complexity index is 887. The minimum atomic E-state index is -1.12. The van der Waals surface area contributed by atoms with E-state index in [2.05, 4.69) is 9.48 Å². The van der Waals surface area contributed by atoms with E-state index in [0.717, 1.165) is 46.6 Å². The van der Waals surface area contributed by atoms with Crippen LogP contribution in [0.2, 0.25) is 5.02 Å². The minimum absolute atomic E-state index is 0.403. The smallest absolute Gasteiger partial charge is 0.316 e. The Morgan fingerprint density at radius 3 is 2.63 bits per heavy atom. The molecule has 0 aliphatic carbocycles. The zero-order chi connectivity index (χ0) is 19.0. The van der Waals surface area contributed by atoms with E-state index in [1.54, 1.807) is 26.0 Å². The molecule has 0 spiro atoms. The van der Waals surface area contributed by atoms with Gasteiger partial charge in [0.05, 0.1) is 20.8 Å². The van der Waals surface area contributed by atoms with Crippen LogP contribution < -0.4 is 14.4 Å². The van der Waals surface area contributed by atoms with Crippen LogP contribution in [0.4, 0.5) is 5.69 Å². The number of benzene rings is 2. The van der Waals surface area contributed by atoms with Gasteiger partial charge in [0.2, 0.25) is 0 Å². The molecule has 27 heavy (non-hydrogen) atoms. The lowest BCUT2D eigenvalue weighted by molar-refractivity contribution is -0.656.